The minimum atomic E-state index is 0.708. The first-order valence-corrected chi connectivity index (χ1v) is 5.07. The first-order chi connectivity index (χ1) is 7.42. The van der Waals surface area contributed by atoms with Crippen molar-refractivity contribution < 1.29 is 4.42 Å². The first-order valence-electron chi connectivity index (χ1n) is 5.07. The predicted octanol–water partition coefficient (Wildman–Crippen LogP) is 2.23. The van der Waals surface area contributed by atoms with Gasteiger partial charge >= 0.3 is 0 Å². The molecule has 0 saturated heterocycles. The van der Waals surface area contributed by atoms with Crippen LogP contribution in [0.25, 0.3) is 11.1 Å². The Labute approximate surface area is 88.9 Å². The molecule has 15 heavy (non-hydrogen) atoms. The summed E-state index contributed by atoms with van der Waals surface area (Å²) < 4.78 is 5.08. The van der Waals surface area contributed by atoms with Gasteiger partial charge in [0.25, 0.3) is 0 Å². The molecule has 2 rings (SSSR count). The number of hydrogen-bond acceptors (Lipinski definition) is 3. The maximum Gasteiger partial charge on any atom is 0.0981 e. The maximum absolute atomic E-state index is 5.51. The fourth-order valence-corrected chi connectivity index (χ4v) is 1.62. The van der Waals surface area contributed by atoms with Gasteiger partial charge in [-0.3, -0.25) is 4.98 Å². The Morgan fingerprint density at radius 1 is 1.33 bits per heavy atom. The van der Waals surface area contributed by atoms with E-state index in [4.69, 9.17) is 10.2 Å². The van der Waals surface area contributed by atoms with Gasteiger partial charge in [0.2, 0.25) is 0 Å². The molecule has 0 spiro atoms. The molecule has 3 heteroatoms. The third-order valence-electron chi connectivity index (χ3n) is 2.39. The Balaban J connectivity index is 2.30. The number of aromatic nitrogens is 1. The Morgan fingerprint density at radius 3 is 3.00 bits per heavy atom. The van der Waals surface area contributed by atoms with Crippen LogP contribution in [-0.4, -0.2) is 11.5 Å². The lowest BCUT2D eigenvalue weighted by molar-refractivity contribution is 0.568. The van der Waals surface area contributed by atoms with Crippen LogP contribution in [0, 0.1) is 0 Å². The van der Waals surface area contributed by atoms with Crippen molar-refractivity contribution in [2.45, 2.75) is 12.8 Å². The van der Waals surface area contributed by atoms with Crippen molar-refractivity contribution in [1.82, 2.24) is 4.98 Å². The summed E-state index contributed by atoms with van der Waals surface area (Å²) in [5.41, 5.74) is 9.02. The van der Waals surface area contributed by atoms with Crippen LogP contribution in [0.4, 0.5) is 0 Å². The highest BCUT2D eigenvalue weighted by atomic mass is 16.3. The van der Waals surface area contributed by atoms with Crippen molar-refractivity contribution in [1.29, 1.82) is 0 Å². The zero-order chi connectivity index (χ0) is 10.5. The maximum atomic E-state index is 5.51. The molecule has 0 atom stereocenters. The summed E-state index contributed by atoms with van der Waals surface area (Å²) in [6, 6.07) is 3.97. The molecule has 2 aromatic rings. The van der Waals surface area contributed by atoms with Crippen LogP contribution in [0.15, 0.2) is 41.5 Å². The van der Waals surface area contributed by atoms with Crippen molar-refractivity contribution in [3.63, 3.8) is 0 Å². The fraction of sp³-hybridized carbons (Fsp3) is 0.250. The highest BCUT2D eigenvalue weighted by Gasteiger charge is 2.05. The number of furan rings is 1. The zero-order valence-corrected chi connectivity index (χ0v) is 8.52. The number of nitrogens with two attached hydrogens (primary N) is 1. The molecule has 0 unspecified atom stereocenters. The van der Waals surface area contributed by atoms with E-state index in [0.717, 1.165) is 18.4 Å². The second-order valence-corrected chi connectivity index (χ2v) is 3.44. The predicted molar refractivity (Wildman–Crippen MR) is 59.3 cm³/mol. The molecule has 2 aromatic heterocycles. The van der Waals surface area contributed by atoms with E-state index in [1.165, 1.54) is 11.1 Å². The van der Waals surface area contributed by atoms with Gasteiger partial charge in [0.15, 0.2) is 0 Å². The van der Waals surface area contributed by atoms with Gasteiger partial charge in [0, 0.05) is 18.0 Å². The van der Waals surface area contributed by atoms with Gasteiger partial charge in [0.05, 0.1) is 12.5 Å². The van der Waals surface area contributed by atoms with Crippen LogP contribution < -0.4 is 5.73 Å². The Kier molecular flexibility index (Phi) is 3.15. The van der Waals surface area contributed by atoms with Gasteiger partial charge in [0.1, 0.15) is 0 Å². The SMILES string of the molecule is NCCCc1cnccc1-c1ccoc1. The monoisotopic (exact) mass is 202 g/mol. The van der Waals surface area contributed by atoms with Crippen LogP contribution in [0.2, 0.25) is 0 Å². The standard InChI is InChI=1S/C12H14N2O/c13-5-1-2-10-8-14-6-3-12(10)11-4-7-15-9-11/h3-4,6-9H,1-2,5,13H2. The second-order valence-electron chi connectivity index (χ2n) is 3.44. The average molecular weight is 202 g/mol. The molecular weight excluding hydrogens is 188 g/mol. The zero-order valence-electron chi connectivity index (χ0n) is 8.52. The van der Waals surface area contributed by atoms with Crippen LogP contribution in [-0.2, 0) is 6.42 Å². The van der Waals surface area contributed by atoms with Gasteiger partial charge in [-0.05, 0) is 42.6 Å². The van der Waals surface area contributed by atoms with E-state index < -0.39 is 0 Å². The van der Waals surface area contributed by atoms with Crippen LogP contribution >= 0.6 is 0 Å². The minimum Gasteiger partial charge on any atom is -0.472 e. The molecule has 0 bridgehead atoms. The van der Waals surface area contributed by atoms with E-state index >= 15 is 0 Å². The number of rotatable bonds is 4. The van der Waals surface area contributed by atoms with Crippen molar-refractivity contribution in [2.24, 2.45) is 5.73 Å². The molecule has 3 nitrogen and oxygen atoms in total. The van der Waals surface area contributed by atoms with Crippen molar-refractivity contribution >= 4 is 0 Å². The van der Waals surface area contributed by atoms with E-state index in [2.05, 4.69) is 4.98 Å². The molecule has 2 N–H and O–H groups in total. The number of aryl methyl sites for hydroxylation is 1. The van der Waals surface area contributed by atoms with E-state index in [1.54, 1.807) is 18.7 Å². The smallest absolute Gasteiger partial charge is 0.0981 e. The van der Waals surface area contributed by atoms with Crippen LogP contribution in [0.5, 0.6) is 0 Å². The highest BCUT2D eigenvalue weighted by molar-refractivity contribution is 5.65. The summed E-state index contributed by atoms with van der Waals surface area (Å²) >= 11 is 0. The molecule has 0 aliphatic rings. The topological polar surface area (TPSA) is 52.0 Å². The van der Waals surface area contributed by atoms with Gasteiger partial charge in [-0.1, -0.05) is 0 Å². The van der Waals surface area contributed by atoms with Gasteiger partial charge in [-0.2, -0.15) is 0 Å². The van der Waals surface area contributed by atoms with E-state index in [0.29, 0.717) is 6.54 Å². The first kappa shape index (κ1) is 9.93. The molecule has 0 aliphatic heterocycles. The van der Waals surface area contributed by atoms with E-state index in [9.17, 15) is 0 Å². The summed E-state index contributed by atoms with van der Waals surface area (Å²) in [7, 11) is 0. The second kappa shape index (κ2) is 4.75. The van der Waals surface area contributed by atoms with Gasteiger partial charge in [-0.25, -0.2) is 0 Å². The molecule has 0 amide bonds. The summed E-state index contributed by atoms with van der Waals surface area (Å²) in [6.07, 6.45) is 9.08. The molecule has 0 aliphatic carbocycles. The molecule has 2 heterocycles. The lowest BCUT2D eigenvalue weighted by atomic mass is 10.0. The van der Waals surface area contributed by atoms with Crippen molar-refractivity contribution in [3.05, 3.63) is 42.6 Å². The lowest BCUT2D eigenvalue weighted by Gasteiger charge is -2.05. The van der Waals surface area contributed by atoms with Gasteiger partial charge < -0.3 is 10.2 Å². The molecular formula is C12H14N2O. The average Bonchev–Trinajstić information content (AvgIpc) is 2.80. The molecule has 0 saturated carbocycles. The minimum absolute atomic E-state index is 0.708. The van der Waals surface area contributed by atoms with Crippen LogP contribution in [0.3, 0.4) is 0 Å². The third-order valence-corrected chi connectivity index (χ3v) is 2.39. The van der Waals surface area contributed by atoms with Gasteiger partial charge in [-0.15, -0.1) is 0 Å². The summed E-state index contributed by atoms with van der Waals surface area (Å²) in [6.45, 7) is 0.708. The fourth-order valence-electron chi connectivity index (χ4n) is 1.62. The molecule has 0 radical (unpaired) electrons. The highest BCUT2D eigenvalue weighted by Crippen LogP contribution is 2.23. The number of pyridine rings is 1. The van der Waals surface area contributed by atoms with E-state index in [-0.39, 0.29) is 0 Å². The van der Waals surface area contributed by atoms with Crippen LogP contribution in [0.1, 0.15) is 12.0 Å². The Morgan fingerprint density at radius 2 is 2.27 bits per heavy atom. The molecule has 0 aromatic carbocycles. The number of nitrogens with zero attached hydrogens (tertiary/aromatic N) is 1. The largest absolute Gasteiger partial charge is 0.472 e. The third kappa shape index (κ3) is 2.25. The lowest BCUT2D eigenvalue weighted by Crippen LogP contribution is -2.01. The summed E-state index contributed by atoms with van der Waals surface area (Å²) in [5, 5.41) is 0. The van der Waals surface area contributed by atoms with E-state index in [1.807, 2.05) is 18.3 Å². The van der Waals surface area contributed by atoms with Crippen molar-refractivity contribution in [2.75, 3.05) is 6.54 Å². The molecule has 78 valence electrons. The summed E-state index contributed by atoms with van der Waals surface area (Å²) in [5.74, 6) is 0. The Hall–Kier alpha value is -1.61. The molecule has 0 fully saturated rings. The summed E-state index contributed by atoms with van der Waals surface area (Å²) in [4.78, 5) is 4.14. The normalized spacial score (nSPS) is 10.5. The Bertz CT molecular complexity index is 409. The quantitative estimate of drug-likeness (QED) is 0.827. The number of hydrogen-bond donors (Lipinski definition) is 1. The van der Waals surface area contributed by atoms with Crippen molar-refractivity contribution in [3.8, 4) is 11.1 Å².